The predicted octanol–water partition coefficient (Wildman–Crippen LogP) is 4.51. The summed E-state index contributed by atoms with van der Waals surface area (Å²) < 4.78 is 15.3. The molecule has 1 aromatic heterocycles. The molecule has 2 amide bonds. The Balaban J connectivity index is 1.62. The SMILES string of the molecule is CC(=O)N(CC(C)CNC(=O)c1ccc(Cl)s1)c1ccc(N2CCSCC2)c(F)c1. The third-order valence-corrected chi connectivity index (χ3v) is 7.05. The summed E-state index contributed by atoms with van der Waals surface area (Å²) in [6.07, 6.45) is 0. The van der Waals surface area contributed by atoms with Crippen LogP contribution in [0.2, 0.25) is 4.34 Å². The van der Waals surface area contributed by atoms with Gasteiger partial charge >= 0.3 is 0 Å². The number of nitrogens with zero attached hydrogens (tertiary/aromatic N) is 2. The number of carbonyl (C=O) groups excluding carboxylic acids is 2. The van der Waals surface area contributed by atoms with Gasteiger partial charge in [0.25, 0.3) is 5.91 Å². The average molecular weight is 470 g/mol. The van der Waals surface area contributed by atoms with Crippen LogP contribution in [0.4, 0.5) is 15.8 Å². The molecule has 2 aromatic rings. The fraction of sp³-hybridized carbons (Fsp3) is 0.429. The molecular formula is C21H25ClFN3O2S2. The number of benzene rings is 1. The molecule has 0 aliphatic carbocycles. The van der Waals surface area contributed by atoms with Gasteiger partial charge in [-0.25, -0.2) is 4.39 Å². The van der Waals surface area contributed by atoms with Gasteiger partial charge in [-0.05, 0) is 36.2 Å². The van der Waals surface area contributed by atoms with Crippen molar-refractivity contribution in [3.8, 4) is 0 Å². The summed E-state index contributed by atoms with van der Waals surface area (Å²) in [5, 5.41) is 2.86. The van der Waals surface area contributed by atoms with Crippen LogP contribution in [0.5, 0.6) is 0 Å². The van der Waals surface area contributed by atoms with Gasteiger partial charge in [0.15, 0.2) is 0 Å². The molecule has 1 saturated heterocycles. The Morgan fingerprint density at radius 2 is 2.00 bits per heavy atom. The topological polar surface area (TPSA) is 52.7 Å². The van der Waals surface area contributed by atoms with Crippen molar-refractivity contribution in [3.63, 3.8) is 0 Å². The van der Waals surface area contributed by atoms with Crippen LogP contribution in [0.1, 0.15) is 23.5 Å². The third-order valence-electron chi connectivity index (χ3n) is 4.88. The molecule has 1 aliphatic heterocycles. The van der Waals surface area contributed by atoms with Gasteiger partial charge in [-0.15, -0.1) is 11.3 Å². The lowest BCUT2D eigenvalue weighted by atomic mass is 10.1. The van der Waals surface area contributed by atoms with E-state index in [1.807, 2.05) is 23.6 Å². The molecule has 1 unspecified atom stereocenters. The molecule has 0 bridgehead atoms. The van der Waals surface area contributed by atoms with Crippen molar-refractivity contribution < 1.29 is 14.0 Å². The van der Waals surface area contributed by atoms with Gasteiger partial charge in [0, 0.05) is 50.3 Å². The van der Waals surface area contributed by atoms with E-state index in [0.717, 1.165) is 24.6 Å². The Hall–Kier alpha value is -1.77. The first kappa shape index (κ1) is 22.9. The number of hydrogen-bond donors (Lipinski definition) is 1. The predicted molar refractivity (Wildman–Crippen MR) is 125 cm³/mol. The molecule has 1 aromatic carbocycles. The van der Waals surface area contributed by atoms with Gasteiger partial charge in [0.1, 0.15) is 5.82 Å². The van der Waals surface area contributed by atoms with Crippen molar-refractivity contribution in [2.45, 2.75) is 13.8 Å². The largest absolute Gasteiger partial charge is 0.368 e. The zero-order valence-electron chi connectivity index (χ0n) is 17.0. The Morgan fingerprint density at radius 3 is 2.60 bits per heavy atom. The Kier molecular flexibility index (Phi) is 8.02. The van der Waals surface area contributed by atoms with Crippen molar-refractivity contribution in [1.82, 2.24) is 5.32 Å². The monoisotopic (exact) mass is 469 g/mol. The zero-order chi connectivity index (χ0) is 21.7. The quantitative estimate of drug-likeness (QED) is 0.648. The van der Waals surface area contributed by atoms with Crippen molar-refractivity contribution in [2.24, 2.45) is 5.92 Å². The summed E-state index contributed by atoms with van der Waals surface area (Å²) in [6.45, 7) is 5.82. The fourth-order valence-electron chi connectivity index (χ4n) is 3.31. The van der Waals surface area contributed by atoms with Crippen molar-refractivity contribution in [3.05, 3.63) is 45.4 Å². The molecule has 5 nitrogen and oxygen atoms in total. The minimum atomic E-state index is -0.318. The van der Waals surface area contributed by atoms with Gasteiger partial charge in [0.2, 0.25) is 5.91 Å². The van der Waals surface area contributed by atoms with Gasteiger partial charge in [-0.3, -0.25) is 9.59 Å². The first-order valence-corrected chi connectivity index (χ1v) is 12.1. The lowest BCUT2D eigenvalue weighted by Gasteiger charge is -2.30. The summed E-state index contributed by atoms with van der Waals surface area (Å²) >= 11 is 8.96. The van der Waals surface area contributed by atoms with Crippen molar-refractivity contribution in [1.29, 1.82) is 0 Å². The van der Waals surface area contributed by atoms with E-state index < -0.39 is 0 Å². The maximum Gasteiger partial charge on any atom is 0.261 e. The summed E-state index contributed by atoms with van der Waals surface area (Å²) in [5.74, 6) is 1.28. The smallest absolute Gasteiger partial charge is 0.261 e. The van der Waals surface area contributed by atoms with Crippen molar-refractivity contribution in [2.75, 3.05) is 47.5 Å². The standard InChI is InChI=1S/C21H25ClFN3O2S2/c1-14(12-24-21(28)19-5-6-20(22)30-19)13-26(15(2)27)16-3-4-18(17(23)11-16)25-7-9-29-10-8-25/h3-6,11,14H,7-10,12-13H2,1-2H3,(H,24,28). The molecule has 1 aliphatic rings. The highest BCUT2D eigenvalue weighted by Gasteiger charge is 2.20. The summed E-state index contributed by atoms with van der Waals surface area (Å²) in [4.78, 5) is 28.6. The van der Waals surface area contributed by atoms with E-state index >= 15 is 0 Å². The number of thioether (sulfide) groups is 1. The molecule has 2 heterocycles. The number of amides is 2. The molecule has 9 heteroatoms. The number of thiophene rings is 1. The van der Waals surface area contributed by atoms with Gasteiger partial charge < -0.3 is 15.1 Å². The third kappa shape index (κ3) is 5.89. The highest BCUT2D eigenvalue weighted by Crippen LogP contribution is 2.28. The maximum absolute atomic E-state index is 14.8. The molecule has 0 saturated carbocycles. The van der Waals surface area contributed by atoms with Gasteiger partial charge in [-0.1, -0.05) is 18.5 Å². The number of nitrogens with one attached hydrogen (secondary N) is 1. The summed E-state index contributed by atoms with van der Waals surface area (Å²) in [5.41, 5.74) is 1.11. The fourth-order valence-corrected chi connectivity index (χ4v) is 5.17. The number of hydrogen-bond acceptors (Lipinski definition) is 5. The van der Waals surface area contributed by atoms with E-state index in [4.69, 9.17) is 11.6 Å². The Labute approximate surface area is 189 Å². The van der Waals surface area contributed by atoms with E-state index in [9.17, 15) is 14.0 Å². The average Bonchev–Trinajstić information content (AvgIpc) is 3.17. The van der Waals surface area contributed by atoms with Crippen LogP contribution in [0.25, 0.3) is 0 Å². The Bertz CT molecular complexity index is 902. The highest BCUT2D eigenvalue weighted by molar-refractivity contribution is 7.99. The van der Waals surface area contributed by atoms with Crippen LogP contribution >= 0.6 is 34.7 Å². The molecule has 1 N–H and O–H groups in total. The zero-order valence-corrected chi connectivity index (χ0v) is 19.4. The maximum atomic E-state index is 14.8. The Morgan fingerprint density at radius 1 is 1.27 bits per heavy atom. The summed E-state index contributed by atoms with van der Waals surface area (Å²) in [7, 11) is 0. The molecular weight excluding hydrogens is 445 g/mol. The van der Waals surface area contributed by atoms with Crippen LogP contribution in [0.3, 0.4) is 0 Å². The molecule has 1 fully saturated rings. The van der Waals surface area contributed by atoms with Crippen LogP contribution in [0.15, 0.2) is 30.3 Å². The number of halogens is 2. The molecule has 0 radical (unpaired) electrons. The second kappa shape index (κ2) is 10.5. The minimum absolute atomic E-state index is 0.0184. The normalized spacial score (nSPS) is 15.0. The second-order valence-corrected chi connectivity index (χ2v) is 10.2. The number of carbonyl (C=O) groups is 2. The van der Waals surface area contributed by atoms with Gasteiger partial charge in [0.05, 0.1) is 14.9 Å². The van der Waals surface area contributed by atoms with E-state index in [2.05, 4.69) is 5.32 Å². The van der Waals surface area contributed by atoms with E-state index in [1.54, 1.807) is 29.2 Å². The molecule has 0 spiro atoms. The van der Waals surface area contributed by atoms with Crippen LogP contribution in [-0.4, -0.2) is 49.5 Å². The first-order chi connectivity index (χ1) is 14.3. The van der Waals surface area contributed by atoms with E-state index in [1.165, 1.54) is 24.3 Å². The van der Waals surface area contributed by atoms with Crippen LogP contribution < -0.4 is 15.1 Å². The first-order valence-electron chi connectivity index (χ1n) is 9.79. The number of anilines is 2. The second-order valence-electron chi connectivity index (χ2n) is 7.28. The highest BCUT2D eigenvalue weighted by atomic mass is 35.5. The molecule has 162 valence electrons. The van der Waals surface area contributed by atoms with E-state index in [0.29, 0.717) is 33.7 Å². The number of rotatable bonds is 7. The molecule has 1 atom stereocenters. The van der Waals surface area contributed by atoms with E-state index in [-0.39, 0.29) is 23.5 Å². The van der Waals surface area contributed by atoms with Crippen molar-refractivity contribution >= 4 is 57.9 Å². The van der Waals surface area contributed by atoms with Gasteiger partial charge in [-0.2, -0.15) is 11.8 Å². The summed E-state index contributed by atoms with van der Waals surface area (Å²) in [6, 6.07) is 8.34. The minimum Gasteiger partial charge on any atom is -0.368 e. The van der Waals surface area contributed by atoms with Crippen LogP contribution in [0, 0.1) is 11.7 Å². The lowest BCUT2D eigenvalue weighted by molar-refractivity contribution is -0.116. The molecule has 3 rings (SSSR count). The lowest BCUT2D eigenvalue weighted by Crippen LogP contribution is -2.38. The molecule has 30 heavy (non-hydrogen) atoms. The van der Waals surface area contributed by atoms with Crippen LogP contribution in [-0.2, 0) is 4.79 Å².